The Hall–Kier alpha value is -2.90. The van der Waals surface area contributed by atoms with Crippen LogP contribution in [-0.4, -0.2) is 87.5 Å². The van der Waals surface area contributed by atoms with Crippen molar-refractivity contribution in [1.82, 2.24) is 41.6 Å². The number of nitrogens with one attached hydrogen (secondary N) is 5. The van der Waals surface area contributed by atoms with Crippen LogP contribution in [0.1, 0.15) is 107 Å². The van der Waals surface area contributed by atoms with E-state index in [0.29, 0.717) is 31.5 Å². The van der Waals surface area contributed by atoms with Gasteiger partial charge >= 0.3 is 27.1 Å². The standard InChI is InChI=1S/C27H49N9O6.2C2H6.2CH3.W/c1-7-29-21(10-11-22(39)31-15-19-16-36(35-34-19)27(5,6)12-14-37)24(40)33-23(17(2)3)25(41)32-20(18(4)38)9-8-13-30-26(28)42;2*1-2;;;/h16-17,20-21,23,29,37H,7-15H2,1-6H3,(H,31,39)(H,32,41)(H,33,40)(H3,28,30,42);2*1-2H3;2*1H3;/q;;;2*-1;+2. The number of carbonyl (C=O) groups excluding carboxylic acids is 5. The molecule has 8 N–H and O–H groups in total. The Labute approximate surface area is 310 Å². The van der Waals surface area contributed by atoms with Gasteiger partial charge in [0.1, 0.15) is 11.7 Å². The number of rotatable bonds is 20. The van der Waals surface area contributed by atoms with Crippen LogP contribution in [0.2, 0.25) is 0 Å². The number of Topliss-reactive ketones (excluding diaryl/α,β-unsaturated/α-hetero) is 1. The van der Waals surface area contributed by atoms with Gasteiger partial charge in [0.25, 0.3) is 0 Å². The van der Waals surface area contributed by atoms with Crippen LogP contribution in [0.25, 0.3) is 0 Å². The maximum Gasteiger partial charge on any atom is 2.00 e. The molecule has 49 heavy (non-hydrogen) atoms. The smallest absolute Gasteiger partial charge is 0.396 e. The van der Waals surface area contributed by atoms with Crippen molar-refractivity contribution in [1.29, 1.82) is 0 Å². The first-order valence-electron chi connectivity index (χ1n) is 16.4. The number of likely N-dealkylation sites (N-methyl/N-ethyl adjacent to an activating group) is 1. The van der Waals surface area contributed by atoms with E-state index in [1.807, 2.05) is 48.5 Å². The third kappa shape index (κ3) is 23.2. The van der Waals surface area contributed by atoms with E-state index in [1.54, 1.807) is 24.7 Å². The second kappa shape index (κ2) is 31.1. The zero-order valence-corrected chi connectivity index (χ0v) is 35.0. The van der Waals surface area contributed by atoms with Crippen LogP contribution in [0.4, 0.5) is 4.79 Å². The normalized spacial score (nSPS) is 11.9. The Morgan fingerprint density at radius 2 is 1.55 bits per heavy atom. The number of nitrogens with two attached hydrogens (primary N) is 1. The van der Waals surface area contributed by atoms with Gasteiger partial charge in [0.05, 0.1) is 30.4 Å². The maximum atomic E-state index is 13.1. The van der Waals surface area contributed by atoms with E-state index in [-0.39, 0.29) is 86.1 Å². The first-order valence-corrected chi connectivity index (χ1v) is 16.4. The first-order chi connectivity index (χ1) is 21.7. The summed E-state index contributed by atoms with van der Waals surface area (Å²) < 4.78 is 1.65. The molecule has 0 aromatic carbocycles. The van der Waals surface area contributed by atoms with E-state index in [2.05, 4.69) is 36.9 Å². The summed E-state index contributed by atoms with van der Waals surface area (Å²) >= 11 is 0. The number of aliphatic hydroxyl groups excluding tert-OH is 1. The Bertz CT molecular complexity index is 1050. The molecule has 1 rings (SSSR count). The van der Waals surface area contributed by atoms with Crippen LogP contribution in [0.15, 0.2) is 6.20 Å². The second-order valence-corrected chi connectivity index (χ2v) is 11.2. The van der Waals surface area contributed by atoms with Gasteiger partial charge in [0.2, 0.25) is 17.7 Å². The Morgan fingerprint density at radius 3 is 2.04 bits per heavy atom. The van der Waals surface area contributed by atoms with E-state index < -0.39 is 41.5 Å². The van der Waals surface area contributed by atoms with Gasteiger partial charge in [-0.1, -0.05) is 53.7 Å². The van der Waals surface area contributed by atoms with Crippen LogP contribution in [0, 0.1) is 20.8 Å². The van der Waals surface area contributed by atoms with Crippen molar-refractivity contribution < 1.29 is 50.1 Å². The van der Waals surface area contributed by atoms with Crippen molar-refractivity contribution >= 4 is 29.5 Å². The Balaban J connectivity index is -0.000000886. The molecule has 1 aromatic rings. The molecule has 0 fully saturated rings. The molecule has 5 amide bonds. The van der Waals surface area contributed by atoms with E-state index in [0.717, 1.165) is 0 Å². The molecule has 0 spiro atoms. The molecule has 0 radical (unpaired) electrons. The molecule has 1 heterocycles. The Morgan fingerprint density at radius 1 is 0.959 bits per heavy atom. The van der Waals surface area contributed by atoms with Crippen molar-refractivity contribution in [2.24, 2.45) is 11.7 Å². The minimum atomic E-state index is -0.907. The van der Waals surface area contributed by atoms with E-state index in [9.17, 15) is 29.1 Å². The van der Waals surface area contributed by atoms with Gasteiger partial charge in [-0.25, -0.2) is 9.48 Å². The number of amides is 5. The molecule has 0 aliphatic rings. The van der Waals surface area contributed by atoms with Crippen molar-refractivity contribution in [3.05, 3.63) is 26.7 Å². The zero-order valence-electron chi connectivity index (χ0n) is 32.1. The molecule has 1 aromatic heterocycles. The number of nitrogens with zero attached hydrogens (tertiary/aromatic N) is 3. The number of primary amides is 1. The number of aliphatic hydroxyl groups is 1. The molecule has 3 atom stereocenters. The summed E-state index contributed by atoms with van der Waals surface area (Å²) in [5.74, 6) is -1.73. The summed E-state index contributed by atoms with van der Waals surface area (Å²) in [5.41, 5.74) is 5.19. The molecule has 0 aliphatic heterocycles. The molecule has 286 valence electrons. The largest absolute Gasteiger partial charge is 2.00 e. The third-order valence-electron chi connectivity index (χ3n) is 6.80. The number of hydrogen-bond acceptors (Lipinski definition) is 9. The van der Waals surface area contributed by atoms with Gasteiger partial charge in [0, 0.05) is 19.6 Å². The van der Waals surface area contributed by atoms with Gasteiger partial charge in [-0.15, -0.1) is 5.10 Å². The van der Waals surface area contributed by atoms with Crippen LogP contribution in [0.3, 0.4) is 0 Å². The van der Waals surface area contributed by atoms with Gasteiger partial charge in [-0.05, 0) is 58.9 Å². The van der Waals surface area contributed by atoms with Crippen molar-refractivity contribution in [2.75, 3.05) is 19.7 Å². The molecule has 0 saturated heterocycles. The number of ketones is 1. The molecule has 0 aliphatic carbocycles. The summed E-state index contributed by atoms with van der Waals surface area (Å²) in [6.07, 6.45) is 3.19. The third-order valence-corrected chi connectivity index (χ3v) is 6.80. The first kappa shape index (κ1) is 55.5. The van der Waals surface area contributed by atoms with Gasteiger partial charge in [-0.2, -0.15) is 0 Å². The SMILES string of the molecule is CC.CC.CCNC(CCC(=O)NCc1cn(C(C)(C)CCO)nn1)C(=O)NC(C(=O)NC(CCCNC(N)=O)C(C)=O)C(C)C.[CH3-].[CH3-].[W+2]. The molecule has 3 unspecified atom stereocenters. The van der Waals surface area contributed by atoms with Gasteiger partial charge in [-0.3, -0.25) is 19.2 Å². The summed E-state index contributed by atoms with van der Waals surface area (Å²) in [6.45, 7) is 19.5. The minimum absolute atomic E-state index is 0. The quantitative estimate of drug-likeness (QED) is 0.0755. The minimum Gasteiger partial charge on any atom is -0.396 e. The molecule has 0 bridgehead atoms. The van der Waals surface area contributed by atoms with Crippen LogP contribution in [0.5, 0.6) is 0 Å². The second-order valence-electron chi connectivity index (χ2n) is 11.2. The van der Waals surface area contributed by atoms with E-state index >= 15 is 0 Å². The molecule has 0 saturated carbocycles. The van der Waals surface area contributed by atoms with E-state index in [1.165, 1.54) is 6.92 Å². The fraction of sp³-hybridized carbons (Fsp3) is 0.727. The summed E-state index contributed by atoms with van der Waals surface area (Å²) in [7, 11) is 0. The Kier molecular flexibility index (Phi) is 35.2. The predicted octanol–water partition coefficient (Wildman–Crippen LogP) is 2.38. The van der Waals surface area contributed by atoms with Gasteiger partial charge < -0.3 is 52.3 Å². The number of hydrogen-bond donors (Lipinski definition) is 7. The van der Waals surface area contributed by atoms with Gasteiger partial charge in [0.15, 0.2) is 5.78 Å². The fourth-order valence-electron chi connectivity index (χ4n) is 4.13. The van der Waals surface area contributed by atoms with Crippen molar-refractivity contribution in [3.8, 4) is 0 Å². The molecular formula is C33H67N9O6W. The summed E-state index contributed by atoms with van der Waals surface area (Å²) in [6, 6.07) is -3.08. The predicted molar refractivity (Wildman–Crippen MR) is 191 cm³/mol. The topological polar surface area (TPSA) is 222 Å². The molecule has 16 heteroatoms. The zero-order chi connectivity index (χ0) is 35.9. The van der Waals surface area contributed by atoms with Crippen LogP contribution < -0.4 is 32.3 Å². The average Bonchev–Trinajstić information content (AvgIpc) is 3.50. The van der Waals surface area contributed by atoms with Crippen LogP contribution >= 0.6 is 0 Å². The average molecular weight is 870 g/mol. The fourth-order valence-corrected chi connectivity index (χ4v) is 4.13. The molecular weight excluding hydrogens is 802 g/mol. The van der Waals surface area contributed by atoms with Crippen molar-refractivity contribution in [3.63, 3.8) is 0 Å². The maximum absolute atomic E-state index is 13.1. The van der Waals surface area contributed by atoms with E-state index in [4.69, 9.17) is 5.73 Å². The monoisotopic (exact) mass is 869 g/mol. The number of urea groups is 1. The summed E-state index contributed by atoms with van der Waals surface area (Å²) in [4.78, 5) is 61.7. The summed E-state index contributed by atoms with van der Waals surface area (Å²) in [5, 5.41) is 31.1. The molecule has 15 nitrogen and oxygen atoms in total. The van der Waals surface area contributed by atoms with Crippen molar-refractivity contribution in [2.45, 2.75) is 132 Å². The van der Waals surface area contributed by atoms with Crippen LogP contribution in [-0.2, 0) is 52.3 Å². The number of aromatic nitrogens is 3. The number of carbonyl (C=O) groups is 5.